The number of fused-ring (bicyclic) bond motifs is 1. The molecule has 3 aromatic rings. The van der Waals surface area contributed by atoms with Crippen LogP contribution < -0.4 is 10.2 Å². The highest BCUT2D eigenvalue weighted by molar-refractivity contribution is 5.92. The number of para-hydroxylation sites is 1. The molecule has 0 radical (unpaired) electrons. The van der Waals surface area contributed by atoms with Crippen LogP contribution in [0.4, 0.5) is 10.5 Å². The third kappa shape index (κ3) is 6.59. The first-order valence-electron chi connectivity index (χ1n) is 14.8. The Morgan fingerprint density at radius 1 is 0.953 bits per heavy atom. The number of hydrazine groups is 1. The summed E-state index contributed by atoms with van der Waals surface area (Å²) in [6, 6.07) is 23.4. The van der Waals surface area contributed by atoms with Crippen LogP contribution in [0, 0.1) is 0 Å². The quantitative estimate of drug-likeness (QED) is 0.379. The van der Waals surface area contributed by atoms with Crippen LogP contribution in [0.25, 0.3) is 0 Å². The molecule has 5 rings (SSSR count). The lowest BCUT2D eigenvalue weighted by molar-refractivity contribution is -0.157. The zero-order chi connectivity index (χ0) is 30.5. The average molecular weight is 585 g/mol. The highest BCUT2D eigenvalue weighted by Gasteiger charge is 2.52. The average Bonchev–Trinajstić information content (AvgIpc) is 3.33. The van der Waals surface area contributed by atoms with E-state index in [0.29, 0.717) is 32.5 Å². The number of urea groups is 1. The molecule has 0 unspecified atom stereocenters. The number of anilines is 1. The molecule has 43 heavy (non-hydrogen) atoms. The predicted molar refractivity (Wildman–Crippen MR) is 165 cm³/mol. The number of rotatable bonds is 10. The van der Waals surface area contributed by atoms with Crippen molar-refractivity contribution in [2.75, 3.05) is 38.6 Å². The van der Waals surface area contributed by atoms with Gasteiger partial charge >= 0.3 is 6.03 Å². The second kappa shape index (κ2) is 13.2. The molecule has 10 heteroatoms. The minimum Gasteiger partial charge on any atom is -0.508 e. The van der Waals surface area contributed by atoms with Crippen molar-refractivity contribution in [3.63, 3.8) is 0 Å². The molecule has 2 N–H and O–H groups in total. The Balaban J connectivity index is 1.45. The van der Waals surface area contributed by atoms with Crippen LogP contribution in [0.1, 0.15) is 30.0 Å². The van der Waals surface area contributed by atoms with Gasteiger partial charge in [-0.2, -0.15) is 5.01 Å². The molecule has 3 aromatic carbocycles. The van der Waals surface area contributed by atoms with Gasteiger partial charge in [-0.3, -0.25) is 14.6 Å². The standard InChI is InChI=1S/C33H40N6O4/c1-4-18-37(33(43)34-20-25-10-6-5-7-11-25)38-23-31(41)39-29(19-24-14-16-27(40)17-15-24)32(42)36(22-30(38)39)21-26-12-8-9-13-28(26)35(2)3/h5-17,29-30,40H,4,18-23H2,1-3H3,(H,34,43)/t29-,30+/m0/s1. The summed E-state index contributed by atoms with van der Waals surface area (Å²) in [5.41, 5.74) is 3.83. The summed E-state index contributed by atoms with van der Waals surface area (Å²) >= 11 is 0. The third-order valence-corrected chi connectivity index (χ3v) is 8.03. The number of aromatic hydroxyl groups is 1. The number of hydrogen-bond donors (Lipinski definition) is 2. The highest BCUT2D eigenvalue weighted by atomic mass is 16.3. The molecule has 2 fully saturated rings. The van der Waals surface area contributed by atoms with E-state index in [0.717, 1.165) is 22.4 Å². The van der Waals surface area contributed by atoms with Crippen molar-refractivity contribution < 1.29 is 19.5 Å². The smallest absolute Gasteiger partial charge is 0.332 e. The number of carbonyl (C=O) groups excluding carboxylic acids is 3. The zero-order valence-corrected chi connectivity index (χ0v) is 25.0. The fraction of sp³-hybridized carbons (Fsp3) is 0.364. The Morgan fingerprint density at radius 2 is 1.65 bits per heavy atom. The van der Waals surface area contributed by atoms with Crippen molar-refractivity contribution >= 4 is 23.5 Å². The Bertz CT molecular complexity index is 1430. The van der Waals surface area contributed by atoms with Gasteiger partial charge in [-0.15, -0.1) is 0 Å². The summed E-state index contributed by atoms with van der Waals surface area (Å²) in [5, 5.41) is 16.3. The Hall–Kier alpha value is -4.57. The van der Waals surface area contributed by atoms with Crippen LogP contribution in [-0.2, 0) is 29.1 Å². The lowest BCUT2D eigenvalue weighted by Gasteiger charge is -2.46. The first-order valence-corrected chi connectivity index (χ1v) is 14.8. The van der Waals surface area contributed by atoms with Crippen LogP contribution in [0.5, 0.6) is 5.75 Å². The number of phenolic OH excluding ortho intramolecular Hbond substituents is 1. The van der Waals surface area contributed by atoms with E-state index in [2.05, 4.69) is 5.32 Å². The number of carbonyl (C=O) groups is 3. The van der Waals surface area contributed by atoms with Gasteiger partial charge in [0.15, 0.2) is 0 Å². The van der Waals surface area contributed by atoms with Crippen molar-refractivity contribution in [2.24, 2.45) is 0 Å². The SMILES string of the molecule is CCCN(C(=O)NCc1ccccc1)N1CC(=O)N2[C@@H](Cc3ccc(O)cc3)C(=O)N(Cc3ccccc3N(C)C)C[C@@H]21. The molecule has 2 atom stereocenters. The molecule has 4 amide bonds. The molecule has 0 bridgehead atoms. The lowest BCUT2D eigenvalue weighted by Crippen LogP contribution is -2.66. The Kier molecular flexibility index (Phi) is 9.16. The van der Waals surface area contributed by atoms with Crippen LogP contribution in [0.2, 0.25) is 0 Å². The van der Waals surface area contributed by atoms with E-state index in [4.69, 9.17) is 0 Å². The predicted octanol–water partition coefficient (Wildman–Crippen LogP) is 3.42. The van der Waals surface area contributed by atoms with Crippen LogP contribution >= 0.6 is 0 Å². The molecule has 0 saturated carbocycles. The van der Waals surface area contributed by atoms with Gasteiger partial charge in [0.05, 0.1) is 13.1 Å². The van der Waals surface area contributed by atoms with Crippen LogP contribution in [0.3, 0.4) is 0 Å². The normalized spacial score (nSPS) is 18.5. The largest absolute Gasteiger partial charge is 0.508 e. The van der Waals surface area contributed by atoms with Crippen molar-refractivity contribution in [3.05, 3.63) is 95.6 Å². The van der Waals surface area contributed by atoms with Gasteiger partial charge in [-0.1, -0.05) is 67.6 Å². The highest BCUT2D eigenvalue weighted by Crippen LogP contribution is 2.31. The lowest BCUT2D eigenvalue weighted by atomic mass is 9.99. The first-order chi connectivity index (χ1) is 20.8. The summed E-state index contributed by atoms with van der Waals surface area (Å²) in [6.07, 6.45) is 0.494. The molecule has 0 aromatic heterocycles. The number of piperazine rings is 1. The molecule has 2 saturated heterocycles. The minimum absolute atomic E-state index is 0.00487. The van der Waals surface area contributed by atoms with E-state index >= 15 is 0 Å². The molecule has 226 valence electrons. The van der Waals surface area contributed by atoms with Gasteiger partial charge in [-0.05, 0) is 41.3 Å². The molecular weight excluding hydrogens is 544 g/mol. The van der Waals surface area contributed by atoms with E-state index < -0.39 is 12.2 Å². The molecular formula is C33H40N6O4. The van der Waals surface area contributed by atoms with E-state index in [-0.39, 0.29) is 36.7 Å². The van der Waals surface area contributed by atoms with E-state index in [9.17, 15) is 19.5 Å². The number of amides is 4. The molecule has 0 spiro atoms. The van der Waals surface area contributed by atoms with Crippen molar-refractivity contribution in [1.29, 1.82) is 0 Å². The van der Waals surface area contributed by atoms with Crippen molar-refractivity contribution in [3.8, 4) is 5.75 Å². The summed E-state index contributed by atoms with van der Waals surface area (Å²) < 4.78 is 0. The van der Waals surface area contributed by atoms with E-state index in [1.54, 1.807) is 34.2 Å². The maximum absolute atomic E-state index is 14.1. The van der Waals surface area contributed by atoms with Gasteiger partial charge < -0.3 is 25.1 Å². The van der Waals surface area contributed by atoms with Crippen molar-refractivity contribution in [1.82, 2.24) is 25.1 Å². The molecule has 0 aliphatic carbocycles. The van der Waals surface area contributed by atoms with E-state index in [1.807, 2.05) is 90.4 Å². The fourth-order valence-electron chi connectivity index (χ4n) is 5.96. The molecule has 2 aliphatic heterocycles. The minimum atomic E-state index is -0.747. The number of hydrogen-bond acceptors (Lipinski definition) is 6. The summed E-state index contributed by atoms with van der Waals surface area (Å²) in [6.45, 7) is 3.44. The van der Waals surface area contributed by atoms with Gasteiger partial charge in [0.2, 0.25) is 11.8 Å². The summed E-state index contributed by atoms with van der Waals surface area (Å²) in [5.74, 6) is -0.185. The third-order valence-electron chi connectivity index (χ3n) is 8.03. The fourth-order valence-corrected chi connectivity index (χ4v) is 5.96. The summed E-state index contributed by atoms with van der Waals surface area (Å²) in [4.78, 5) is 46.8. The number of phenols is 1. The molecule has 2 heterocycles. The summed E-state index contributed by atoms with van der Waals surface area (Å²) in [7, 11) is 3.94. The zero-order valence-electron chi connectivity index (χ0n) is 25.0. The number of nitrogens with zero attached hydrogens (tertiary/aromatic N) is 5. The van der Waals surface area contributed by atoms with Gasteiger partial charge in [0, 0.05) is 45.8 Å². The van der Waals surface area contributed by atoms with E-state index in [1.165, 1.54) is 0 Å². The number of nitrogens with one attached hydrogen (secondary N) is 1. The second-order valence-electron chi connectivity index (χ2n) is 11.3. The monoisotopic (exact) mass is 584 g/mol. The first kappa shape index (κ1) is 29.9. The second-order valence-corrected chi connectivity index (χ2v) is 11.3. The van der Waals surface area contributed by atoms with Gasteiger partial charge in [0.1, 0.15) is 18.0 Å². The van der Waals surface area contributed by atoms with Crippen LogP contribution in [-0.4, -0.2) is 88.7 Å². The maximum Gasteiger partial charge on any atom is 0.332 e. The van der Waals surface area contributed by atoms with Crippen LogP contribution in [0.15, 0.2) is 78.9 Å². The molecule has 10 nitrogen and oxygen atoms in total. The maximum atomic E-state index is 14.1. The number of benzene rings is 3. The van der Waals surface area contributed by atoms with Gasteiger partial charge in [-0.25, -0.2) is 4.79 Å². The topological polar surface area (TPSA) is 99.7 Å². The Labute approximate surface area is 253 Å². The van der Waals surface area contributed by atoms with Gasteiger partial charge in [0.25, 0.3) is 0 Å². The van der Waals surface area contributed by atoms with Crippen molar-refractivity contribution in [2.45, 2.75) is 45.1 Å². The Morgan fingerprint density at radius 3 is 2.35 bits per heavy atom. The molecule has 2 aliphatic rings.